The van der Waals surface area contributed by atoms with E-state index in [0.29, 0.717) is 12.2 Å². The molecule has 0 saturated heterocycles. The van der Waals surface area contributed by atoms with Gasteiger partial charge in [0.1, 0.15) is 0 Å². The maximum absolute atomic E-state index is 10.4. The number of rotatable bonds is 3. The van der Waals surface area contributed by atoms with Crippen LogP contribution in [0.4, 0.5) is 5.69 Å². The molecular weight excluding hydrogens is 260 g/mol. The van der Waals surface area contributed by atoms with E-state index >= 15 is 0 Å². The van der Waals surface area contributed by atoms with Gasteiger partial charge in [0.25, 0.3) is 0 Å². The van der Waals surface area contributed by atoms with Crippen LogP contribution in [0.5, 0.6) is 0 Å². The molecule has 2 aromatic carbocycles. The number of aliphatic hydroxyl groups is 1. The predicted octanol–water partition coefficient (Wildman–Crippen LogP) is 2.40. The van der Waals surface area contributed by atoms with Crippen molar-refractivity contribution >= 4 is 5.69 Å². The van der Waals surface area contributed by atoms with E-state index in [2.05, 4.69) is 29.2 Å². The third kappa shape index (κ3) is 3.26. The summed E-state index contributed by atoms with van der Waals surface area (Å²) in [7, 11) is 0. The van der Waals surface area contributed by atoms with Crippen LogP contribution in [0.15, 0.2) is 48.5 Å². The zero-order valence-electron chi connectivity index (χ0n) is 12.2. The van der Waals surface area contributed by atoms with Crippen molar-refractivity contribution in [3.8, 4) is 0 Å². The Labute approximate surface area is 126 Å². The Morgan fingerprint density at radius 2 is 1.52 bits per heavy atom. The quantitative estimate of drug-likeness (QED) is 0.850. The van der Waals surface area contributed by atoms with Crippen molar-refractivity contribution in [2.24, 2.45) is 0 Å². The molecule has 3 heteroatoms. The van der Waals surface area contributed by atoms with Crippen molar-refractivity contribution in [3.63, 3.8) is 0 Å². The summed E-state index contributed by atoms with van der Waals surface area (Å²) in [4.78, 5) is 2.33. The average Bonchev–Trinajstić information content (AvgIpc) is 2.70. The van der Waals surface area contributed by atoms with Gasteiger partial charge in [0.15, 0.2) is 0 Å². The number of hydrogen-bond donors (Lipinski definition) is 2. The van der Waals surface area contributed by atoms with Crippen molar-refractivity contribution in [1.29, 1.82) is 0 Å². The Balaban J connectivity index is 1.66. The van der Waals surface area contributed by atoms with Crippen LogP contribution < -0.4 is 5.73 Å². The Bertz CT molecular complexity index is 585. The lowest BCUT2D eigenvalue weighted by molar-refractivity contribution is 0.116. The molecular formula is C18H22N2O. The third-order valence-electron chi connectivity index (χ3n) is 4.30. The lowest BCUT2D eigenvalue weighted by Crippen LogP contribution is -2.31. The number of anilines is 1. The molecule has 0 saturated carbocycles. The summed E-state index contributed by atoms with van der Waals surface area (Å²) in [6.07, 6.45) is 1.58. The van der Waals surface area contributed by atoms with Gasteiger partial charge in [-0.3, -0.25) is 4.90 Å². The second-order valence-electron chi connectivity index (χ2n) is 5.71. The highest BCUT2D eigenvalue weighted by molar-refractivity contribution is 5.47. The first-order chi connectivity index (χ1) is 10.2. The van der Waals surface area contributed by atoms with E-state index in [1.54, 1.807) is 0 Å². The lowest BCUT2D eigenvalue weighted by Gasteiger charge is -2.24. The molecule has 1 unspecified atom stereocenters. The number of nitrogens with two attached hydrogens (primary N) is 1. The summed E-state index contributed by atoms with van der Waals surface area (Å²) >= 11 is 0. The summed E-state index contributed by atoms with van der Waals surface area (Å²) in [5, 5.41) is 10.4. The highest BCUT2D eigenvalue weighted by atomic mass is 16.3. The van der Waals surface area contributed by atoms with E-state index in [-0.39, 0.29) is 0 Å². The van der Waals surface area contributed by atoms with Crippen LogP contribution in [0, 0.1) is 0 Å². The molecule has 0 fully saturated rings. The van der Waals surface area contributed by atoms with E-state index < -0.39 is 6.10 Å². The average molecular weight is 282 g/mol. The van der Waals surface area contributed by atoms with E-state index in [9.17, 15) is 5.11 Å². The van der Waals surface area contributed by atoms with Gasteiger partial charge in [0, 0.05) is 30.9 Å². The molecule has 0 bridgehead atoms. The summed E-state index contributed by atoms with van der Waals surface area (Å²) in [5.74, 6) is 0. The summed E-state index contributed by atoms with van der Waals surface area (Å²) in [6.45, 7) is 2.61. The highest BCUT2D eigenvalue weighted by Crippen LogP contribution is 2.22. The number of benzene rings is 2. The molecule has 3 nitrogen and oxygen atoms in total. The smallest absolute Gasteiger partial charge is 0.0936 e. The van der Waals surface area contributed by atoms with E-state index in [1.165, 1.54) is 11.1 Å². The third-order valence-corrected chi connectivity index (χ3v) is 4.30. The van der Waals surface area contributed by atoms with Gasteiger partial charge in [-0.2, -0.15) is 0 Å². The highest BCUT2D eigenvalue weighted by Gasteiger charge is 2.18. The van der Waals surface area contributed by atoms with Gasteiger partial charge in [-0.1, -0.05) is 42.5 Å². The zero-order valence-corrected chi connectivity index (χ0v) is 12.2. The van der Waals surface area contributed by atoms with Crippen molar-refractivity contribution in [3.05, 3.63) is 65.2 Å². The van der Waals surface area contributed by atoms with Gasteiger partial charge in [-0.15, -0.1) is 0 Å². The summed E-state index contributed by atoms with van der Waals surface area (Å²) in [5.41, 5.74) is 10.3. The summed E-state index contributed by atoms with van der Waals surface area (Å²) in [6, 6.07) is 16.2. The fraction of sp³-hybridized carbons (Fsp3) is 0.333. The molecule has 1 aliphatic heterocycles. The number of β-amino-alcohol motifs (C(OH)–C–C–N with tert-alkyl or cyclic N) is 1. The van der Waals surface area contributed by atoms with Gasteiger partial charge in [-0.25, -0.2) is 0 Å². The zero-order chi connectivity index (χ0) is 14.7. The SMILES string of the molecule is Nc1ccccc1C(O)CN1CCc2ccccc2CC1. The molecule has 0 radical (unpaired) electrons. The first-order valence-electron chi connectivity index (χ1n) is 7.55. The van der Waals surface area contributed by atoms with Gasteiger partial charge in [0.05, 0.1) is 6.10 Å². The normalized spacial score (nSPS) is 17.0. The monoisotopic (exact) mass is 282 g/mol. The molecule has 3 N–H and O–H groups in total. The van der Waals surface area contributed by atoms with Crippen LogP contribution in [0.25, 0.3) is 0 Å². The van der Waals surface area contributed by atoms with Crippen LogP contribution in [0.3, 0.4) is 0 Å². The molecule has 1 heterocycles. The molecule has 21 heavy (non-hydrogen) atoms. The number of aliphatic hydroxyl groups excluding tert-OH is 1. The van der Waals surface area contributed by atoms with Crippen LogP contribution >= 0.6 is 0 Å². The molecule has 110 valence electrons. The lowest BCUT2D eigenvalue weighted by atomic mass is 10.0. The van der Waals surface area contributed by atoms with Crippen molar-refractivity contribution in [2.45, 2.75) is 18.9 Å². The topological polar surface area (TPSA) is 49.5 Å². The molecule has 1 aliphatic rings. The molecule has 1 atom stereocenters. The molecule has 0 spiro atoms. The van der Waals surface area contributed by atoms with Crippen LogP contribution in [-0.4, -0.2) is 29.6 Å². The van der Waals surface area contributed by atoms with Gasteiger partial charge < -0.3 is 10.8 Å². The number of fused-ring (bicyclic) bond motifs is 1. The van der Waals surface area contributed by atoms with E-state index in [4.69, 9.17) is 5.73 Å². The van der Waals surface area contributed by atoms with Crippen molar-refractivity contribution in [1.82, 2.24) is 4.90 Å². The maximum atomic E-state index is 10.4. The Kier molecular flexibility index (Phi) is 4.23. The van der Waals surface area contributed by atoms with Gasteiger partial charge in [-0.05, 0) is 30.0 Å². The van der Waals surface area contributed by atoms with Gasteiger partial charge >= 0.3 is 0 Å². The minimum absolute atomic E-state index is 0.521. The minimum Gasteiger partial charge on any atom is -0.398 e. The Hall–Kier alpha value is -1.84. The fourth-order valence-corrected chi connectivity index (χ4v) is 3.05. The molecule has 0 amide bonds. The second-order valence-corrected chi connectivity index (χ2v) is 5.71. The number of nitrogens with zero attached hydrogens (tertiary/aromatic N) is 1. The number of nitrogen functional groups attached to an aromatic ring is 1. The fourth-order valence-electron chi connectivity index (χ4n) is 3.05. The minimum atomic E-state index is -0.521. The first kappa shape index (κ1) is 14.1. The Morgan fingerprint density at radius 1 is 0.952 bits per heavy atom. The van der Waals surface area contributed by atoms with Crippen LogP contribution in [0.1, 0.15) is 22.8 Å². The van der Waals surface area contributed by atoms with Crippen molar-refractivity contribution in [2.75, 3.05) is 25.4 Å². The maximum Gasteiger partial charge on any atom is 0.0936 e. The first-order valence-corrected chi connectivity index (χ1v) is 7.55. The van der Waals surface area contributed by atoms with E-state index in [1.807, 2.05) is 24.3 Å². The van der Waals surface area contributed by atoms with Gasteiger partial charge in [0.2, 0.25) is 0 Å². The molecule has 0 aromatic heterocycles. The second kappa shape index (κ2) is 6.29. The van der Waals surface area contributed by atoms with Crippen molar-refractivity contribution < 1.29 is 5.11 Å². The van der Waals surface area contributed by atoms with E-state index in [0.717, 1.165) is 31.5 Å². The Morgan fingerprint density at radius 3 is 2.14 bits per heavy atom. The number of para-hydroxylation sites is 1. The number of hydrogen-bond acceptors (Lipinski definition) is 3. The summed E-state index contributed by atoms with van der Waals surface area (Å²) < 4.78 is 0. The van der Waals surface area contributed by atoms with Crippen LogP contribution in [0.2, 0.25) is 0 Å². The van der Waals surface area contributed by atoms with Crippen LogP contribution in [-0.2, 0) is 12.8 Å². The predicted molar refractivity (Wildman–Crippen MR) is 86.1 cm³/mol. The molecule has 2 aromatic rings. The standard InChI is InChI=1S/C18H22N2O/c19-17-8-4-3-7-16(17)18(21)13-20-11-9-14-5-1-2-6-15(14)10-12-20/h1-8,18,21H,9-13,19H2. The molecule has 3 rings (SSSR count). The molecule has 0 aliphatic carbocycles. The largest absolute Gasteiger partial charge is 0.398 e.